The monoisotopic (exact) mass is 401 g/mol. The fourth-order valence-corrected chi connectivity index (χ4v) is 2.28. The smallest absolute Gasteiger partial charge is 0.326 e. The van der Waals surface area contributed by atoms with Crippen molar-refractivity contribution in [3.8, 4) is 5.75 Å². The van der Waals surface area contributed by atoms with Crippen molar-refractivity contribution in [2.75, 3.05) is 19.0 Å². The van der Waals surface area contributed by atoms with E-state index in [1.807, 2.05) is 0 Å². The maximum absolute atomic E-state index is 12.3. The third kappa shape index (κ3) is 6.03. The summed E-state index contributed by atoms with van der Waals surface area (Å²) in [6.07, 6.45) is -1.21. The molecule has 1 atom stereocenters. The predicted molar refractivity (Wildman–Crippen MR) is 103 cm³/mol. The second-order valence-electron chi connectivity index (χ2n) is 5.81. The Kier molecular flexibility index (Phi) is 7.24. The third-order valence-corrected chi connectivity index (χ3v) is 3.76. The maximum Gasteiger partial charge on any atom is 0.326 e. The Balaban J connectivity index is 1.91. The van der Waals surface area contributed by atoms with Crippen LogP contribution in [0.5, 0.6) is 5.75 Å². The van der Waals surface area contributed by atoms with Crippen LogP contribution in [-0.4, -0.2) is 42.5 Å². The number of anilines is 1. The fraction of sp³-hybridized carbons (Fsp3) is 0.211. The van der Waals surface area contributed by atoms with Crippen LogP contribution in [0.4, 0.5) is 11.4 Å². The lowest BCUT2D eigenvalue weighted by atomic mass is 10.2. The summed E-state index contributed by atoms with van der Waals surface area (Å²) >= 11 is 0. The highest BCUT2D eigenvalue weighted by molar-refractivity contribution is 5.98. The lowest BCUT2D eigenvalue weighted by Gasteiger charge is -2.15. The van der Waals surface area contributed by atoms with E-state index in [0.717, 1.165) is 6.07 Å². The van der Waals surface area contributed by atoms with E-state index in [-0.39, 0.29) is 17.1 Å². The molecule has 2 rings (SSSR count). The fourth-order valence-electron chi connectivity index (χ4n) is 2.28. The van der Waals surface area contributed by atoms with Crippen molar-refractivity contribution < 1.29 is 28.8 Å². The van der Waals surface area contributed by atoms with Gasteiger partial charge >= 0.3 is 5.97 Å². The summed E-state index contributed by atoms with van der Waals surface area (Å²) < 4.78 is 10.0. The maximum atomic E-state index is 12.3. The standard InChI is InChI=1S/C19H19N3O7/c1-12(29-17(23)11-20-19(25)13-6-4-3-5-7-13)18(24)21-15-10-14(22(26)27)8-9-16(15)28-2/h3-10,12H,11H2,1-2H3,(H,20,25)(H,21,24)/t12-/m0/s1. The minimum Gasteiger partial charge on any atom is -0.495 e. The second kappa shape index (κ2) is 9.83. The average Bonchev–Trinajstić information content (AvgIpc) is 2.72. The molecule has 2 amide bonds. The zero-order valence-electron chi connectivity index (χ0n) is 15.7. The van der Waals surface area contributed by atoms with Gasteiger partial charge in [0.15, 0.2) is 6.10 Å². The number of carbonyl (C=O) groups is 3. The Morgan fingerprint density at radius 3 is 2.45 bits per heavy atom. The van der Waals surface area contributed by atoms with E-state index in [9.17, 15) is 24.5 Å². The summed E-state index contributed by atoms with van der Waals surface area (Å²) in [4.78, 5) is 46.3. The summed E-state index contributed by atoms with van der Waals surface area (Å²) in [7, 11) is 1.34. The summed E-state index contributed by atoms with van der Waals surface area (Å²) in [6.45, 7) is 0.904. The van der Waals surface area contributed by atoms with E-state index >= 15 is 0 Å². The van der Waals surface area contributed by atoms with E-state index in [1.165, 1.54) is 26.2 Å². The molecule has 0 saturated heterocycles. The van der Waals surface area contributed by atoms with Crippen LogP contribution in [0.25, 0.3) is 0 Å². The van der Waals surface area contributed by atoms with Crippen molar-refractivity contribution in [3.05, 3.63) is 64.2 Å². The number of amides is 2. The average molecular weight is 401 g/mol. The molecular formula is C19H19N3O7. The van der Waals surface area contributed by atoms with Gasteiger partial charge in [-0.3, -0.25) is 24.5 Å². The SMILES string of the molecule is COc1ccc([N+](=O)[O-])cc1NC(=O)[C@H](C)OC(=O)CNC(=O)c1ccccc1. The molecule has 0 unspecified atom stereocenters. The zero-order chi connectivity index (χ0) is 21.4. The number of benzene rings is 2. The van der Waals surface area contributed by atoms with Crippen LogP contribution in [0.15, 0.2) is 48.5 Å². The molecule has 2 N–H and O–H groups in total. The van der Waals surface area contributed by atoms with E-state index in [2.05, 4.69) is 10.6 Å². The number of carbonyl (C=O) groups excluding carboxylic acids is 3. The zero-order valence-corrected chi connectivity index (χ0v) is 15.7. The van der Waals surface area contributed by atoms with Crippen LogP contribution in [0.1, 0.15) is 17.3 Å². The number of hydrogen-bond donors (Lipinski definition) is 2. The van der Waals surface area contributed by atoms with Crippen molar-refractivity contribution in [1.82, 2.24) is 5.32 Å². The first-order chi connectivity index (χ1) is 13.8. The first-order valence-corrected chi connectivity index (χ1v) is 8.48. The first-order valence-electron chi connectivity index (χ1n) is 8.48. The molecule has 10 heteroatoms. The molecule has 0 fully saturated rings. The molecule has 0 spiro atoms. The number of hydrogen-bond acceptors (Lipinski definition) is 7. The highest BCUT2D eigenvalue weighted by Gasteiger charge is 2.21. The number of nitrogens with one attached hydrogen (secondary N) is 2. The number of esters is 1. The second-order valence-corrected chi connectivity index (χ2v) is 5.81. The number of non-ortho nitro benzene ring substituents is 1. The minimum absolute atomic E-state index is 0.0620. The van der Waals surface area contributed by atoms with Crippen molar-refractivity contribution in [2.24, 2.45) is 0 Å². The molecule has 0 aliphatic carbocycles. The largest absolute Gasteiger partial charge is 0.495 e. The summed E-state index contributed by atoms with van der Waals surface area (Å²) in [5, 5.41) is 15.7. The van der Waals surface area contributed by atoms with Gasteiger partial charge in [-0.2, -0.15) is 0 Å². The normalized spacial score (nSPS) is 11.1. The lowest BCUT2D eigenvalue weighted by Crippen LogP contribution is -2.35. The highest BCUT2D eigenvalue weighted by Crippen LogP contribution is 2.29. The van der Waals surface area contributed by atoms with Crippen LogP contribution >= 0.6 is 0 Å². The van der Waals surface area contributed by atoms with Crippen molar-refractivity contribution in [3.63, 3.8) is 0 Å². The number of rotatable bonds is 8. The molecule has 10 nitrogen and oxygen atoms in total. The van der Waals surface area contributed by atoms with Gasteiger partial charge in [0.05, 0.1) is 17.7 Å². The number of nitro benzene ring substituents is 1. The molecule has 0 heterocycles. The van der Waals surface area contributed by atoms with Gasteiger partial charge in [-0.25, -0.2) is 0 Å². The Morgan fingerprint density at radius 2 is 1.83 bits per heavy atom. The molecule has 0 bridgehead atoms. The van der Waals surface area contributed by atoms with E-state index < -0.39 is 35.4 Å². The van der Waals surface area contributed by atoms with Crippen LogP contribution in [-0.2, 0) is 14.3 Å². The Labute approximate surface area is 166 Å². The van der Waals surface area contributed by atoms with Crippen LogP contribution in [0.2, 0.25) is 0 Å². The van der Waals surface area contributed by atoms with Gasteiger partial charge in [-0.15, -0.1) is 0 Å². The molecule has 29 heavy (non-hydrogen) atoms. The molecule has 0 radical (unpaired) electrons. The van der Waals surface area contributed by atoms with Gasteiger partial charge < -0.3 is 20.1 Å². The van der Waals surface area contributed by atoms with Crippen molar-refractivity contribution >= 4 is 29.2 Å². The lowest BCUT2D eigenvalue weighted by molar-refractivity contribution is -0.384. The van der Waals surface area contributed by atoms with E-state index in [1.54, 1.807) is 30.3 Å². The van der Waals surface area contributed by atoms with Gasteiger partial charge in [0.25, 0.3) is 17.5 Å². The highest BCUT2D eigenvalue weighted by atomic mass is 16.6. The van der Waals surface area contributed by atoms with Crippen molar-refractivity contribution in [1.29, 1.82) is 0 Å². The molecule has 152 valence electrons. The Bertz CT molecular complexity index is 915. The number of nitrogens with zero attached hydrogens (tertiary/aromatic N) is 1. The van der Waals surface area contributed by atoms with E-state index in [4.69, 9.17) is 9.47 Å². The van der Waals surface area contributed by atoms with Crippen LogP contribution in [0, 0.1) is 10.1 Å². The van der Waals surface area contributed by atoms with Gasteiger partial charge in [0, 0.05) is 17.7 Å². The molecule has 0 saturated carbocycles. The van der Waals surface area contributed by atoms with Gasteiger partial charge in [0.2, 0.25) is 0 Å². The third-order valence-electron chi connectivity index (χ3n) is 3.76. The summed E-state index contributed by atoms with van der Waals surface area (Å²) in [6, 6.07) is 12.0. The van der Waals surface area contributed by atoms with E-state index in [0.29, 0.717) is 5.56 Å². The van der Waals surface area contributed by atoms with Gasteiger partial charge in [0.1, 0.15) is 12.3 Å². The molecule has 2 aromatic carbocycles. The molecule has 2 aromatic rings. The number of methoxy groups -OCH3 is 1. The first kappa shape index (κ1) is 21.4. The summed E-state index contributed by atoms with van der Waals surface area (Å²) in [5.41, 5.74) is 0.199. The Hall–Kier alpha value is -3.95. The minimum atomic E-state index is -1.21. The van der Waals surface area contributed by atoms with Gasteiger partial charge in [-0.1, -0.05) is 18.2 Å². The van der Waals surface area contributed by atoms with Crippen LogP contribution in [0.3, 0.4) is 0 Å². The van der Waals surface area contributed by atoms with Crippen LogP contribution < -0.4 is 15.4 Å². The molecule has 0 aliphatic rings. The Morgan fingerprint density at radius 1 is 1.14 bits per heavy atom. The molecule has 0 aliphatic heterocycles. The number of nitro groups is 1. The topological polar surface area (TPSA) is 137 Å². The number of ether oxygens (including phenoxy) is 2. The quantitative estimate of drug-likeness (QED) is 0.391. The summed E-state index contributed by atoms with van der Waals surface area (Å²) in [5.74, 6) is -1.78. The van der Waals surface area contributed by atoms with Gasteiger partial charge in [-0.05, 0) is 25.1 Å². The van der Waals surface area contributed by atoms with Crippen molar-refractivity contribution in [2.45, 2.75) is 13.0 Å². The molecular weight excluding hydrogens is 382 g/mol. The molecule has 0 aromatic heterocycles. The predicted octanol–water partition coefficient (Wildman–Crippen LogP) is 1.90.